The molecule has 1 saturated heterocycles. The van der Waals surface area contributed by atoms with E-state index in [9.17, 15) is 23.9 Å². The van der Waals surface area contributed by atoms with E-state index in [0.29, 0.717) is 42.0 Å². The molecule has 1 aliphatic heterocycles. The summed E-state index contributed by atoms with van der Waals surface area (Å²) in [7, 11) is 0. The maximum atomic E-state index is 13.8. The van der Waals surface area contributed by atoms with E-state index in [0.717, 1.165) is 44.9 Å². The van der Waals surface area contributed by atoms with Gasteiger partial charge in [0.15, 0.2) is 0 Å². The molecule has 3 aliphatic rings. The second-order valence-corrected chi connectivity index (χ2v) is 11.4. The first-order valence-electron chi connectivity index (χ1n) is 14.1. The number of carbonyl (C=O) groups excluding carboxylic acids is 2. The van der Waals surface area contributed by atoms with Crippen LogP contribution in [0.1, 0.15) is 74.8 Å². The fourth-order valence-corrected chi connectivity index (χ4v) is 7.05. The van der Waals surface area contributed by atoms with E-state index in [1.54, 1.807) is 18.2 Å². The fraction of sp³-hybridized carbons (Fsp3) is 0.621. The SMILES string of the molecule is N[C@H](CF)C1CCC(C(=O)N2CC[C@@H](C3CCCCC3)[C@H]2C(=O)Nc2ccc3oc(C(=O)O)cc3c2)CC1. The molecule has 1 aromatic heterocycles. The third-order valence-electron chi connectivity index (χ3n) is 9.15. The number of halogens is 1. The third-order valence-corrected chi connectivity index (χ3v) is 9.15. The number of benzene rings is 1. The molecule has 0 radical (unpaired) electrons. The van der Waals surface area contributed by atoms with Crippen LogP contribution < -0.4 is 11.1 Å². The molecule has 3 fully saturated rings. The Morgan fingerprint density at radius 1 is 1.05 bits per heavy atom. The van der Waals surface area contributed by atoms with Crippen molar-refractivity contribution in [2.24, 2.45) is 29.4 Å². The number of nitrogens with zero attached hydrogens (tertiary/aromatic N) is 1. The normalized spacial score (nSPS) is 27.4. The number of amides is 2. The summed E-state index contributed by atoms with van der Waals surface area (Å²) in [4.78, 5) is 40.7. The minimum absolute atomic E-state index is 0.0344. The van der Waals surface area contributed by atoms with Gasteiger partial charge in [-0.2, -0.15) is 0 Å². The average molecular weight is 528 g/mol. The van der Waals surface area contributed by atoms with Gasteiger partial charge < -0.3 is 25.5 Å². The van der Waals surface area contributed by atoms with Gasteiger partial charge in [0.2, 0.25) is 17.6 Å². The number of aromatic carboxylic acids is 1. The zero-order valence-electron chi connectivity index (χ0n) is 21.7. The summed E-state index contributed by atoms with van der Waals surface area (Å²) in [6, 6.07) is 5.48. The maximum absolute atomic E-state index is 13.8. The molecule has 2 aromatic rings. The molecule has 0 bridgehead atoms. The number of likely N-dealkylation sites (tertiary alicyclic amines) is 1. The first-order chi connectivity index (χ1) is 18.4. The minimum atomic E-state index is -1.15. The number of carboxylic acids is 1. The zero-order chi connectivity index (χ0) is 26.8. The van der Waals surface area contributed by atoms with E-state index < -0.39 is 24.7 Å². The largest absolute Gasteiger partial charge is 0.475 e. The number of carboxylic acid groups (broad SMARTS) is 1. The van der Waals surface area contributed by atoms with Crippen molar-refractivity contribution in [3.05, 3.63) is 30.0 Å². The molecule has 3 atom stereocenters. The molecular weight excluding hydrogens is 489 g/mol. The van der Waals surface area contributed by atoms with E-state index >= 15 is 0 Å². The Morgan fingerprint density at radius 3 is 2.47 bits per heavy atom. The number of rotatable bonds is 7. The van der Waals surface area contributed by atoms with Gasteiger partial charge in [-0.3, -0.25) is 9.59 Å². The molecule has 9 heteroatoms. The molecule has 2 aliphatic carbocycles. The van der Waals surface area contributed by atoms with Crippen molar-refractivity contribution in [2.75, 3.05) is 18.5 Å². The van der Waals surface area contributed by atoms with Gasteiger partial charge in [-0.1, -0.05) is 32.1 Å². The van der Waals surface area contributed by atoms with E-state index in [1.165, 1.54) is 12.5 Å². The number of nitrogens with one attached hydrogen (secondary N) is 1. The van der Waals surface area contributed by atoms with Gasteiger partial charge >= 0.3 is 5.97 Å². The second-order valence-electron chi connectivity index (χ2n) is 11.4. The van der Waals surface area contributed by atoms with E-state index in [1.807, 2.05) is 4.90 Å². The molecule has 8 nitrogen and oxygen atoms in total. The second kappa shape index (κ2) is 11.4. The van der Waals surface area contributed by atoms with Crippen LogP contribution in [0.5, 0.6) is 0 Å². The minimum Gasteiger partial charge on any atom is -0.475 e. The van der Waals surface area contributed by atoms with Crippen LogP contribution in [0.4, 0.5) is 10.1 Å². The Morgan fingerprint density at radius 2 is 1.79 bits per heavy atom. The van der Waals surface area contributed by atoms with E-state index in [-0.39, 0.29) is 35.3 Å². The predicted molar refractivity (Wildman–Crippen MR) is 141 cm³/mol. The van der Waals surface area contributed by atoms with Gasteiger partial charge in [-0.05, 0) is 74.1 Å². The van der Waals surface area contributed by atoms with Gasteiger partial charge in [-0.15, -0.1) is 0 Å². The molecule has 0 unspecified atom stereocenters. The number of hydrogen-bond donors (Lipinski definition) is 3. The lowest BCUT2D eigenvalue weighted by Gasteiger charge is -2.36. The molecule has 2 saturated carbocycles. The summed E-state index contributed by atoms with van der Waals surface area (Å²) in [5, 5.41) is 12.8. The molecule has 2 amide bonds. The fourth-order valence-electron chi connectivity index (χ4n) is 7.05. The first-order valence-corrected chi connectivity index (χ1v) is 14.1. The van der Waals surface area contributed by atoms with Crippen LogP contribution in [0, 0.1) is 23.7 Å². The van der Waals surface area contributed by atoms with Crippen molar-refractivity contribution in [1.82, 2.24) is 4.90 Å². The van der Waals surface area contributed by atoms with E-state index in [4.69, 9.17) is 10.2 Å². The number of hydrogen-bond acceptors (Lipinski definition) is 5. The van der Waals surface area contributed by atoms with Crippen LogP contribution in [-0.4, -0.2) is 53.1 Å². The van der Waals surface area contributed by atoms with Crippen LogP contribution in [0.3, 0.4) is 0 Å². The first kappa shape index (κ1) is 26.7. The van der Waals surface area contributed by atoms with Gasteiger partial charge in [0.1, 0.15) is 18.3 Å². The molecule has 2 heterocycles. The number of anilines is 1. The summed E-state index contributed by atoms with van der Waals surface area (Å²) >= 11 is 0. The number of furan rings is 1. The van der Waals surface area contributed by atoms with Crippen LogP contribution in [0.15, 0.2) is 28.7 Å². The number of nitrogens with two attached hydrogens (primary N) is 1. The Balaban J connectivity index is 1.34. The highest BCUT2D eigenvalue weighted by molar-refractivity contribution is 6.00. The maximum Gasteiger partial charge on any atom is 0.371 e. The van der Waals surface area contributed by atoms with Gasteiger partial charge in [0.25, 0.3) is 0 Å². The zero-order valence-corrected chi connectivity index (χ0v) is 21.7. The molecule has 38 heavy (non-hydrogen) atoms. The van der Waals surface area contributed by atoms with Gasteiger partial charge in [-0.25, -0.2) is 9.18 Å². The summed E-state index contributed by atoms with van der Waals surface area (Å²) in [6.07, 6.45) is 9.36. The lowest BCUT2D eigenvalue weighted by molar-refractivity contribution is -0.142. The lowest BCUT2D eigenvalue weighted by Crippen LogP contribution is -2.50. The molecule has 206 valence electrons. The standard InChI is InChI=1S/C29H38FN3O5/c30-16-23(31)18-6-8-19(9-7-18)28(35)33-13-12-22(17-4-2-1-3-5-17)26(33)27(34)32-21-10-11-24-20(14-21)15-25(38-24)29(36)37/h10-11,14-15,17-19,22-23,26H,1-9,12-13,16,31H2,(H,32,34)(H,36,37)/t18?,19?,22-,23+,26-/m0/s1. The quantitative estimate of drug-likeness (QED) is 0.467. The highest BCUT2D eigenvalue weighted by Crippen LogP contribution is 2.41. The molecule has 1 aromatic carbocycles. The Labute approximate surface area is 222 Å². The third kappa shape index (κ3) is 5.44. The van der Waals surface area contributed by atoms with Crippen molar-refractivity contribution in [3.8, 4) is 0 Å². The monoisotopic (exact) mass is 527 g/mol. The van der Waals surface area contributed by atoms with Crippen molar-refractivity contribution in [2.45, 2.75) is 76.3 Å². The van der Waals surface area contributed by atoms with Crippen molar-refractivity contribution >= 4 is 34.4 Å². The summed E-state index contributed by atoms with van der Waals surface area (Å²) in [5.41, 5.74) is 6.90. The highest BCUT2D eigenvalue weighted by Gasteiger charge is 2.47. The topological polar surface area (TPSA) is 126 Å². The Hall–Kier alpha value is -2.94. The van der Waals surface area contributed by atoms with Crippen LogP contribution in [0.25, 0.3) is 11.0 Å². The van der Waals surface area contributed by atoms with E-state index in [2.05, 4.69) is 5.32 Å². The molecule has 0 spiro atoms. The van der Waals surface area contributed by atoms with Crippen molar-refractivity contribution < 1.29 is 28.3 Å². The number of alkyl halides is 1. The number of carbonyl (C=O) groups is 3. The highest BCUT2D eigenvalue weighted by atomic mass is 19.1. The number of fused-ring (bicyclic) bond motifs is 1. The van der Waals surface area contributed by atoms with Crippen molar-refractivity contribution in [1.29, 1.82) is 0 Å². The summed E-state index contributed by atoms with van der Waals surface area (Å²) in [5.74, 6) is -0.977. The smallest absolute Gasteiger partial charge is 0.371 e. The van der Waals surface area contributed by atoms with Gasteiger partial charge in [0.05, 0.1) is 0 Å². The van der Waals surface area contributed by atoms with Crippen LogP contribution >= 0.6 is 0 Å². The van der Waals surface area contributed by atoms with Crippen LogP contribution in [0.2, 0.25) is 0 Å². The molecular formula is C29H38FN3O5. The van der Waals surface area contributed by atoms with Crippen LogP contribution in [-0.2, 0) is 9.59 Å². The van der Waals surface area contributed by atoms with Crippen molar-refractivity contribution in [3.63, 3.8) is 0 Å². The Bertz CT molecular complexity index is 1170. The summed E-state index contributed by atoms with van der Waals surface area (Å²) < 4.78 is 18.4. The molecule has 5 rings (SSSR count). The molecule has 4 N–H and O–H groups in total. The predicted octanol–water partition coefficient (Wildman–Crippen LogP) is 4.97. The summed E-state index contributed by atoms with van der Waals surface area (Å²) in [6.45, 7) is 0.0354. The average Bonchev–Trinajstić information content (AvgIpc) is 3.58. The van der Waals surface area contributed by atoms with Gasteiger partial charge in [0, 0.05) is 29.6 Å². The Kier molecular flexibility index (Phi) is 8.02. The lowest BCUT2D eigenvalue weighted by atomic mass is 9.76.